The van der Waals surface area contributed by atoms with Gasteiger partial charge in [0.2, 0.25) is 15.5 Å². The first kappa shape index (κ1) is 14.2. The van der Waals surface area contributed by atoms with E-state index in [1.165, 1.54) is 22.8 Å². The van der Waals surface area contributed by atoms with E-state index >= 15 is 0 Å². The van der Waals surface area contributed by atoms with Crippen molar-refractivity contribution in [3.8, 4) is 0 Å². The molecule has 2 heterocycles. The molecule has 1 aliphatic heterocycles. The maximum Gasteiger partial charge on any atom is 0.248 e. The third-order valence-electron chi connectivity index (χ3n) is 3.36. The minimum absolute atomic E-state index is 0.142. The Morgan fingerprint density at radius 2 is 2.11 bits per heavy atom. The summed E-state index contributed by atoms with van der Waals surface area (Å²) in [5, 5.41) is 0. The van der Waals surface area contributed by atoms with Crippen molar-refractivity contribution >= 4 is 10.0 Å². The Hall–Kier alpha value is -1.18. The molecule has 1 aromatic rings. The van der Waals surface area contributed by atoms with Crippen molar-refractivity contribution in [2.24, 2.45) is 0 Å². The molecular weight excluding hydrogens is 266 g/mol. The molecular formula is C12H19N3O3S. The Kier molecular flexibility index (Phi) is 4.07. The second kappa shape index (κ2) is 5.44. The minimum Gasteiger partial charge on any atom is -0.366 e. The highest BCUT2D eigenvalue weighted by atomic mass is 32.2. The summed E-state index contributed by atoms with van der Waals surface area (Å²) in [5.74, 6) is 0. The lowest BCUT2D eigenvalue weighted by atomic mass is 10.3. The maximum absolute atomic E-state index is 12.6. The van der Waals surface area contributed by atoms with E-state index < -0.39 is 15.5 Å². The van der Waals surface area contributed by atoms with E-state index in [0.29, 0.717) is 13.1 Å². The van der Waals surface area contributed by atoms with E-state index in [1.54, 1.807) is 0 Å². The van der Waals surface area contributed by atoms with Crippen molar-refractivity contribution in [2.75, 3.05) is 26.7 Å². The van der Waals surface area contributed by atoms with Gasteiger partial charge in [0.05, 0.1) is 0 Å². The van der Waals surface area contributed by atoms with Gasteiger partial charge in [-0.25, -0.2) is 8.42 Å². The van der Waals surface area contributed by atoms with Gasteiger partial charge in [-0.15, -0.1) is 0 Å². The van der Waals surface area contributed by atoms with Crippen LogP contribution in [0.1, 0.15) is 13.3 Å². The smallest absolute Gasteiger partial charge is 0.248 e. The Morgan fingerprint density at radius 3 is 2.79 bits per heavy atom. The Balaban J connectivity index is 2.39. The molecule has 19 heavy (non-hydrogen) atoms. The number of rotatable bonds is 2. The number of nitrogens with zero attached hydrogens (tertiary/aromatic N) is 2. The first-order valence-electron chi connectivity index (χ1n) is 6.30. The Bertz CT molecular complexity index is 596. The van der Waals surface area contributed by atoms with Crippen molar-refractivity contribution in [2.45, 2.75) is 24.3 Å². The zero-order valence-corrected chi connectivity index (χ0v) is 12.0. The van der Waals surface area contributed by atoms with Crippen LogP contribution >= 0.6 is 0 Å². The van der Waals surface area contributed by atoms with Crippen molar-refractivity contribution in [3.63, 3.8) is 0 Å². The van der Waals surface area contributed by atoms with Crippen molar-refractivity contribution in [1.29, 1.82) is 0 Å². The number of aromatic nitrogens is 1. The maximum atomic E-state index is 12.6. The van der Waals surface area contributed by atoms with Crippen LogP contribution in [0.3, 0.4) is 0 Å². The van der Waals surface area contributed by atoms with Gasteiger partial charge in [-0.2, -0.15) is 4.31 Å². The predicted octanol–water partition coefficient (Wildman–Crippen LogP) is 0.0896. The molecule has 1 atom stereocenters. The van der Waals surface area contributed by atoms with Gasteiger partial charge in [0.25, 0.3) is 0 Å². The summed E-state index contributed by atoms with van der Waals surface area (Å²) in [4.78, 5) is 16.3. The zero-order valence-electron chi connectivity index (χ0n) is 11.2. The second-order valence-corrected chi connectivity index (χ2v) is 6.81. The molecule has 1 aliphatic rings. The summed E-state index contributed by atoms with van der Waals surface area (Å²) in [6.45, 7) is 3.85. The van der Waals surface area contributed by atoms with E-state index in [0.717, 1.165) is 13.0 Å². The fraction of sp³-hybridized carbons (Fsp3) is 0.583. The normalized spacial score (nSPS) is 23.2. The molecule has 1 N–H and O–H groups in total. The van der Waals surface area contributed by atoms with E-state index in [1.807, 2.05) is 14.0 Å². The molecule has 0 radical (unpaired) electrons. The molecule has 0 aromatic carbocycles. The zero-order chi connectivity index (χ0) is 14.0. The number of nitrogens with one attached hydrogen (secondary N) is 1. The van der Waals surface area contributed by atoms with Crippen LogP contribution in [0.2, 0.25) is 0 Å². The molecule has 0 aliphatic carbocycles. The van der Waals surface area contributed by atoms with Gasteiger partial charge in [-0.05, 0) is 26.9 Å². The van der Waals surface area contributed by atoms with E-state index in [9.17, 15) is 13.2 Å². The molecule has 1 saturated heterocycles. The van der Waals surface area contributed by atoms with Crippen LogP contribution < -0.4 is 5.43 Å². The number of hydrogen-bond donors (Lipinski definition) is 1. The number of sulfonamides is 1. The summed E-state index contributed by atoms with van der Waals surface area (Å²) in [7, 11) is -1.75. The van der Waals surface area contributed by atoms with Gasteiger partial charge in [-0.1, -0.05) is 0 Å². The number of H-pyrrole nitrogens is 1. The standard InChI is InChI=1S/C12H19N3O3S/c1-10-9-14(2)6-3-7-15(10)19(17,18)12-8-13-5-4-11(12)16/h4-5,8,10H,3,6-7,9H2,1-2H3,(H,13,16). The number of aromatic amines is 1. The van der Waals surface area contributed by atoms with Gasteiger partial charge >= 0.3 is 0 Å². The third-order valence-corrected chi connectivity index (χ3v) is 5.40. The van der Waals surface area contributed by atoms with Crippen LogP contribution in [0.25, 0.3) is 0 Å². The highest BCUT2D eigenvalue weighted by Crippen LogP contribution is 2.18. The molecule has 7 heteroatoms. The van der Waals surface area contributed by atoms with Gasteiger partial charge in [0, 0.05) is 37.6 Å². The SMILES string of the molecule is CC1CN(C)CCCN1S(=O)(=O)c1c[nH]ccc1=O. The minimum atomic E-state index is -3.73. The Morgan fingerprint density at radius 1 is 1.37 bits per heavy atom. The van der Waals surface area contributed by atoms with Gasteiger partial charge in [-0.3, -0.25) is 4.79 Å². The quantitative estimate of drug-likeness (QED) is 0.836. The van der Waals surface area contributed by atoms with Crippen LogP contribution in [0, 0.1) is 0 Å². The molecule has 1 fully saturated rings. The fourth-order valence-electron chi connectivity index (χ4n) is 2.44. The average Bonchev–Trinajstić information content (AvgIpc) is 2.50. The molecule has 1 aromatic heterocycles. The Labute approximate surface area is 113 Å². The number of pyridine rings is 1. The van der Waals surface area contributed by atoms with E-state index in [-0.39, 0.29) is 10.9 Å². The predicted molar refractivity (Wildman–Crippen MR) is 72.5 cm³/mol. The lowest BCUT2D eigenvalue weighted by Gasteiger charge is -2.26. The van der Waals surface area contributed by atoms with E-state index in [2.05, 4.69) is 9.88 Å². The van der Waals surface area contributed by atoms with Crippen molar-refractivity contribution in [3.05, 3.63) is 28.7 Å². The van der Waals surface area contributed by atoms with Crippen LogP contribution in [-0.4, -0.2) is 55.3 Å². The molecule has 0 bridgehead atoms. The first-order chi connectivity index (χ1) is 8.93. The van der Waals surface area contributed by atoms with Crippen LogP contribution in [0.4, 0.5) is 0 Å². The number of hydrogen-bond acceptors (Lipinski definition) is 4. The second-order valence-electron chi connectivity index (χ2n) is 4.95. The third kappa shape index (κ3) is 2.88. The topological polar surface area (TPSA) is 73.5 Å². The molecule has 0 amide bonds. The lowest BCUT2D eigenvalue weighted by Crippen LogP contribution is -2.43. The van der Waals surface area contributed by atoms with Gasteiger partial charge in [0.1, 0.15) is 4.90 Å². The summed E-state index contributed by atoms with van der Waals surface area (Å²) >= 11 is 0. The highest BCUT2D eigenvalue weighted by Gasteiger charge is 2.32. The van der Waals surface area contributed by atoms with Crippen molar-refractivity contribution < 1.29 is 8.42 Å². The summed E-state index contributed by atoms with van der Waals surface area (Å²) < 4.78 is 26.6. The largest absolute Gasteiger partial charge is 0.366 e. The molecule has 106 valence electrons. The fourth-order valence-corrected chi connectivity index (χ4v) is 4.14. The van der Waals surface area contributed by atoms with Crippen molar-refractivity contribution in [1.82, 2.24) is 14.2 Å². The van der Waals surface area contributed by atoms with Crippen LogP contribution in [0.5, 0.6) is 0 Å². The number of likely N-dealkylation sites (N-methyl/N-ethyl adjacent to an activating group) is 1. The summed E-state index contributed by atoms with van der Waals surface area (Å²) in [6, 6.07) is 1.10. The van der Waals surface area contributed by atoms with Gasteiger partial charge in [0.15, 0.2) is 0 Å². The first-order valence-corrected chi connectivity index (χ1v) is 7.74. The highest BCUT2D eigenvalue weighted by molar-refractivity contribution is 7.89. The summed E-state index contributed by atoms with van der Waals surface area (Å²) in [5.41, 5.74) is -0.469. The monoisotopic (exact) mass is 285 g/mol. The van der Waals surface area contributed by atoms with Gasteiger partial charge < -0.3 is 9.88 Å². The molecule has 0 spiro atoms. The van der Waals surface area contributed by atoms with Crippen LogP contribution in [-0.2, 0) is 10.0 Å². The lowest BCUT2D eigenvalue weighted by molar-refractivity contribution is 0.290. The molecule has 6 nitrogen and oxygen atoms in total. The van der Waals surface area contributed by atoms with Crippen LogP contribution in [0.15, 0.2) is 28.2 Å². The van der Waals surface area contributed by atoms with E-state index in [4.69, 9.17) is 0 Å². The average molecular weight is 285 g/mol. The molecule has 0 saturated carbocycles. The molecule has 1 unspecified atom stereocenters. The summed E-state index contributed by atoms with van der Waals surface area (Å²) in [6.07, 6.45) is 3.46. The molecule has 2 rings (SSSR count).